The molecule has 20 heavy (non-hydrogen) atoms. The third kappa shape index (κ3) is 3.04. The van der Waals surface area contributed by atoms with Crippen LogP contribution in [-0.4, -0.2) is 16.0 Å². The third-order valence-corrected chi connectivity index (χ3v) is 2.87. The van der Waals surface area contributed by atoms with E-state index in [4.69, 9.17) is 4.52 Å². The molecule has 2 aromatic rings. The number of amides is 1. The molecule has 5 nitrogen and oxygen atoms in total. The molecule has 1 N–H and O–H groups in total. The van der Waals surface area contributed by atoms with E-state index in [0.717, 1.165) is 5.56 Å². The van der Waals surface area contributed by atoms with Gasteiger partial charge in [-0.1, -0.05) is 45.0 Å². The minimum atomic E-state index is -0.462. The summed E-state index contributed by atoms with van der Waals surface area (Å²) in [6.07, 6.45) is 0.708. The van der Waals surface area contributed by atoms with Crippen LogP contribution >= 0.6 is 0 Å². The lowest BCUT2D eigenvalue weighted by Crippen LogP contribution is -2.27. The quantitative estimate of drug-likeness (QED) is 0.931. The number of anilines is 1. The van der Waals surface area contributed by atoms with Crippen LogP contribution < -0.4 is 5.32 Å². The number of aromatic nitrogens is 2. The Labute approximate surface area is 118 Å². The van der Waals surface area contributed by atoms with Crippen LogP contribution in [0.25, 0.3) is 11.5 Å². The van der Waals surface area contributed by atoms with E-state index in [9.17, 15) is 4.79 Å². The Hall–Kier alpha value is -2.17. The van der Waals surface area contributed by atoms with Crippen molar-refractivity contribution < 1.29 is 9.32 Å². The van der Waals surface area contributed by atoms with E-state index >= 15 is 0 Å². The number of nitrogens with one attached hydrogen (secondary N) is 1. The SMILES string of the molecule is CCc1noc(-c2ccccc2NC(=O)C(C)(C)C)n1. The van der Waals surface area contributed by atoms with E-state index in [-0.39, 0.29) is 5.91 Å². The molecule has 1 heterocycles. The van der Waals surface area contributed by atoms with Crippen molar-refractivity contribution in [2.45, 2.75) is 34.1 Å². The van der Waals surface area contributed by atoms with Gasteiger partial charge in [-0.2, -0.15) is 4.98 Å². The van der Waals surface area contributed by atoms with Gasteiger partial charge in [-0.15, -0.1) is 0 Å². The van der Waals surface area contributed by atoms with Crippen molar-refractivity contribution in [1.82, 2.24) is 10.1 Å². The van der Waals surface area contributed by atoms with Crippen molar-refractivity contribution in [3.63, 3.8) is 0 Å². The summed E-state index contributed by atoms with van der Waals surface area (Å²) >= 11 is 0. The molecule has 0 spiro atoms. The van der Waals surface area contributed by atoms with E-state index in [1.807, 2.05) is 52.0 Å². The fourth-order valence-electron chi connectivity index (χ4n) is 1.60. The summed E-state index contributed by atoms with van der Waals surface area (Å²) in [6.45, 7) is 7.56. The highest BCUT2D eigenvalue weighted by Gasteiger charge is 2.23. The lowest BCUT2D eigenvalue weighted by molar-refractivity contribution is -0.123. The van der Waals surface area contributed by atoms with Crippen molar-refractivity contribution >= 4 is 11.6 Å². The molecule has 1 aromatic carbocycles. The number of carbonyl (C=O) groups is 1. The summed E-state index contributed by atoms with van der Waals surface area (Å²) in [5.41, 5.74) is 0.951. The average molecular weight is 273 g/mol. The monoisotopic (exact) mass is 273 g/mol. The summed E-state index contributed by atoms with van der Waals surface area (Å²) in [4.78, 5) is 16.4. The lowest BCUT2D eigenvalue weighted by Gasteiger charge is -2.18. The van der Waals surface area contributed by atoms with Gasteiger partial charge >= 0.3 is 0 Å². The van der Waals surface area contributed by atoms with Crippen LogP contribution in [0.3, 0.4) is 0 Å². The van der Waals surface area contributed by atoms with Crippen LogP contribution in [0.1, 0.15) is 33.5 Å². The summed E-state index contributed by atoms with van der Waals surface area (Å²) in [7, 11) is 0. The number of para-hydroxylation sites is 1. The number of carbonyl (C=O) groups excluding carboxylic acids is 1. The average Bonchev–Trinajstić information content (AvgIpc) is 2.87. The molecule has 0 bridgehead atoms. The Morgan fingerprint density at radius 3 is 2.60 bits per heavy atom. The molecule has 106 valence electrons. The van der Waals surface area contributed by atoms with E-state index in [1.165, 1.54) is 0 Å². The highest BCUT2D eigenvalue weighted by Crippen LogP contribution is 2.28. The molecular weight excluding hydrogens is 254 g/mol. The first kappa shape index (κ1) is 14.2. The van der Waals surface area contributed by atoms with Crippen molar-refractivity contribution in [3.05, 3.63) is 30.1 Å². The molecule has 0 radical (unpaired) electrons. The zero-order valence-electron chi connectivity index (χ0n) is 12.2. The van der Waals surface area contributed by atoms with Gasteiger partial charge in [-0.3, -0.25) is 4.79 Å². The summed E-state index contributed by atoms with van der Waals surface area (Å²) in [6, 6.07) is 7.41. The van der Waals surface area contributed by atoms with E-state index < -0.39 is 5.41 Å². The first-order valence-electron chi connectivity index (χ1n) is 6.65. The Bertz CT molecular complexity index is 612. The van der Waals surface area contributed by atoms with E-state index in [2.05, 4.69) is 15.5 Å². The summed E-state index contributed by atoms with van der Waals surface area (Å²) in [5.74, 6) is 1.02. The molecule has 1 aromatic heterocycles. The first-order chi connectivity index (χ1) is 9.41. The van der Waals surface area contributed by atoms with Gasteiger partial charge in [0.15, 0.2) is 5.82 Å². The van der Waals surface area contributed by atoms with Crippen LogP contribution in [-0.2, 0) is 11.2 Å². The third-order valence-electron chi connectivity index (χ3n) is 2.87. The number of hydrogen-bond acceptors (Lipinski definition) is 4. The second-order valence-corrected chi connectivity index (χ2v) is 5.62. The van der Waals surface area contributed by atoms with Crippen molar-refractivity contribution in [3.8, 4) is 11.5 Å². The van der Waals surface area contributed by atoms with Gasteiger partial charge in [-0.25, -0.2) is 0 Å². The molecule has 5 heteroatoms. The predicted octanol–water partition coefficient (Wildman–Crippen LogP) is 3.28. The van der Waals surface area contributed by atoms with Gasteiger partial charge in [0.2, 0.25) is 5.91 Å². The molecule has 0 unspecified atom stereocenters. The van der Waals surface area contributed by atoms with Crippen molar-refractivity contribution in [2.75, 3.05) is 5.32 Å². The maximum absolute atomic E-state index is 12.1. The highest BCUT2D eigenvalue weighted by molar-refractivity contribution is 5.97. The van der Waals surface area contributed by atoms with E-state index in [0.29, 0.717) is 23.8 Å². The summed E-state index contributed by atoms with van der Waals surface area (Å²) in [5, 5.41) is 6.79. The number of aryl methyl sites for hydroxylation is 1. The van der Waals surface area contributed by atoms with Crippen LogP contribution in [0.5, 0.6) is 0 Å². The Kier molecular flexibility index (Phi) is 3.88. The molecule has 0 saturated carbocycles. The van der Waals surface area contributed by atoms with Crippen molar-refractivity contribution in [2.24, 2.45) is 5.41 Å². The van der Waals surface area contributed by atoms with Gasteiger partial charge < -0.3 is 9.84 Å². The van der Waals surface area contributed by atoms with Gasteiger partial charge in [0.1, 0.15) is 0 Å². The molecule has 2 rings (SSSR count). The van der Waals surface area contributed by atoms with Gasteiger partial charge in [0.05, 0.1) is 11.3 Å². The Balaban J connectivity index is 2.33. The fraction of sp³-hybridized carbons (Fsp3) is 0.400. The smallest absolute Gasteiger partial charge is 0.260 e. The minimum absolute atomic E-state index is 0.0554. The number of benzene rings is 1. The Morgan fingerprint density at radius 1 is 1.30 bits per heavy atom. The van der Waals surface area contributed by atoms with E-state index in [1.54, 1.807) is 0 Å². The molecule has 0 aliphatic carbocycles. The first-order valence-corrected chi connectivity index (χ1v) is 6.65. The second kappa shape index (κ2) is 5.45. The molecule has 0 fully saturated rings. The lowest BCUT2D eigenvalue weighted by atomic mass is 9.95. The maximum Gasteiger partial charge on any atom is 0.260 e. The number of rotatable bonds is 3. The van der Waals surface area contributed by atoms with Crippen molar-refractivity contribution in [1.29, 1.82) is 0 Å². The second-order valence-electron chi connectivity index (χ2n) is 5.62. The standard InChI is InChI=1S/C15H19N3O2/c1-5-12-17-13(20-18-12)10-8-6-7-9-11(10)16-14(19)15(2,3)4/h6-9H,5H2,1-4H3,(H,16,19). The molecule has 0 atom stereocenters. The van der Waals surface area contributed by atoms with Crippen LogP contribution in [0, 0.1) is 5.41 Å². The highest BCUT2D eigenvalue weighted by atomic mass is 16.5. The molecular formula is C15H19N3O2. The normalized spacial score (nSPS) is 11.4. The van der Waals surface area contributed by atoms with Crippen LogP contribution in [0.15, 0.2) is 28.8 Å². The van der Waals surface area contributed by atoms with Gasteiger partial charge in [-0.05, 0) is 12.1 Å². The predicted molar refractivity (Wildman–Crippen MR) is 77.2 cm³/mol. The van der Waals surface area contributed by atoms with Crippen LogP contribution in [0.4, 0.5) is 5.69 Å². The maximum atomic E-state index is 12.1. The zero-order valence-corrected chi connectivity index (χ0v) is 12.2. The molecule has 1 amide bonds. The Morgan fingerprint density at radius 2 is 2.00 bits per heavy atom. The van der Waals surface area contributed by atoms with Gasteiger partial charge in [0.25, 0.3) is 5.89 Å². The zero-order chi connectivity index (χ0) is 14.8. The summed E-state index contributed by atoms with van der Waals surface area (Å²) < 4.78 is 5.24. The van der Waals surface area contributed by atoms with Crippen LogP contribution in [0.2, 0.25) is 0 Å². The topological polar surface area (TPSA) is 68.0 Å². The fourth-order valence-corrected chi connectivity index (χ4v) is 1.60. The minimum Gasteiger partial charge on any atom is -0.334 e. The molecule has 0 saturated heterocycles. The van der Waals surface area contributed by atoms with Gasteiger partial charge in [0, 0.05) is 11.8 Å². The number of nitrogens with zero attached hydrogens (tertiary/aromatic N) is 2. The molecule has 0 aliphatic rings. The number of hydrogen-bond donors (Lipinski definition) is 1. The largest absolute Gasteiger partial charge is 0.334 e. The molecule has 0 aliphatic heterocycles.